The van der Waals surface area contributed by atoms with E-state index in [9.17, 15) is 17.8 Å². The standard InChI is InChI=1S/C31H56NO10PS/c1-20(2)42-23-11-13-30(4)22(17-23)18-27(39-6)29-25-9-8-24(31(25,5)14-12-26(29)30)21(3)7-10-28(33)32-15-16-44(37,38)41-19-40-43(34,35)36/h20-27,29H,7-19H2,1-6H3,(H,32,33)(H2,34,35,36). The molecule has 4 aliphatic rings. The fourth-order valence-corrected chi connectivity index (χ4v) is 11.0. The van der Waals surface area contributed by atoms with E-state index in [1.807, 2.05) is 7.11 Å². The van der Waals surface area contributed by atoms with Crippen LogP contribution < -0.4 is 5.32 Å². The minimum Gasteiger partial charge on any atom is -0.381 e. The number of carbonyl (C=O) groups excluding carboxylic acids is 1. The second-order valence-corrected chi connectivity index (χ2v) is 17.8. The van der Waals surface area contributed by atoms with Crippen LogP contribution in [0.1, 0.15) is 98.8 Å². The molecule has 0 aromatic carbocycles. The van der Waals surface area contributed by atoms with Gasteiger partial charge in [0.25, 0.3) is 10.1 Å². The second kappa shape index (κ2) is 14.3. The summed E-state index contributed by atoms with van der Waals surface area (Å²) in [5.41, 5.74) is 0.556. The Labute approximate surface area is 264 Å². The number of hydrogen-bond acceptors (Lipinski definition) is 8. The zero-order valence-electron chi connectivity index (χ0n) is 27.4. The molecule has 4 rings (SSSR count). The maximum Gasteiger partial charge on any atom is 0.471 e. The molecule has 10 atom stereocenters. The van der Waals surface area contributed by atoms with Crippen LogP contribution in [-0.4, -0.2) is 68.6 Å². The number of fused-ring (bicyclic) bond motifs is 5. The van der Waals surface area contributed by atoms with Gasteiger partial charge in [0.15, 0.2) is 6.79 Å². The summed E-state index contributed by atoms with van der Waals surface area (Å²) in [5.74, 6) is 2.66. The van der Waals surface area contributed by atoms with Gasteiger partial charge in [0.05, 0.1) is 24.1 Å². The van der Waals surface area contributed by atoms with Crippen LogP contribution in [0.4, 0.5) is 0 Å². The molecule has 11 nitrogen and oxygen atoms in total. The van der Waals surface area contributed by atoms with Gasteiger partial charge < -0.3 is 24.6 Å². The summed E-state index contributed by atoms with van der Waals surface area (Å²) >= 11 is 0. The third-order valence-electron chi connectivity index (χ3n) is 12.1. The summed E-state index contributed by atoms with van der Waals surface area (Å²) in [4.78, 5) is 29.8. The first-order valence-corrected chi connectivity index (χ1v) is 19.6. The minimum atomic E-state index is -4.83. The molecule has 0 heterocycles. The molecule has 3 N–H and O–H groups in total. The lowest BCUT2D eigenvalue weighted by atomic mass is 9.43. The average Bonchev–Trinajstić information content (AvgIpc) is 3.27. The van der Waals surface area contributed by atoms with E-state index in [-0.39, 0.29) is 30.1 Å². The molecule has 13 heteroatoms. The van der Waals surface area contributed by atoms with Crippen molar-refractivity contribution in [3.63, 3.8) is 0 Å². The molecule has 0 radical (unpaired) electrons. The van der Waals surface area contributed by atoms with Gasteiger partial charge in [0.1, 0.15) is 0 Å². The second-order valence-electron chi connectivity index (χ2n) is 14.8. The van der Waals surface area contributed by atoms with Gasteiger partial charge in [-0.1, -0.05) is 20.8 Å². The van der Waals surface area contributed by atoms with E-state index in [4.69, 9.17) is 19.3 Å². The largest absolute Gasteiger partial charge is 0.471 e. The number of hydrogen-bond donors (Lipinski definition) is 3. The number of rotatable bonds is 14. The van der Waals surface area contributed by atoms with Crippen LogP contribution in [0.2, 0.25) is 0 Å². The van der Waals surface area contributed by atoms with E-state index < -0.39 is 30.5 Å². The first-order valence-electron chi connectivity index (χ1n) is 16.5. The monoisotopic (exact) mass is 665 g/mol. The van der Waals surface area contributed by atoms with Gasteiger partial charge in [-0.3, -0.25) is 9.32 Å². The van der Waals surface area contributed by atoms with Crippen LogP contribution >= 0.6 is 7.82 Å². The molecule has 0 bridgehead atoms. The van der Waals surface area contributed by atoms with Crippen molar-refractivity contribution in [2.75, 3.05) is 26.2 Å². The van der Waals surface area contributed by atoms with Gasteiger partial charge in [-0.15, -0.1) is 0 Å². The SMILES string of the molecule is COC1CC2CC(OC(C)C)CCC2(C)C2CCC3(C)C(C(C)CCC(=O)NCCS(=O)(=O)OCOP(=O)(O)O)CCC3C12. The number of phosphoric ester groups is 1. The molecule has 1 amide bonds. The first-order chi connectivity index (χ1) is 20.5. The molecule has 0 spiro atoms. The number of amides is 1. The van der Waals surface area contributed by atoms with Gasteiger partial charge in [-0.2, -0.15) is 8.42 Å². The third-order valence-corrected chi connectivity index (χ3v) is 13.7. The van der Waals surface area contributed by atoms with Crippen molar-refractivity contribution in [1.82, 2.24) is 5.32 Å². The summed E-state index contributed by atoms with van der Waals surface area (Å²) < 4.78 is 55.4. The Morgan fingerprint density at radius 3 is 2.36 bits per heavy atom. The molecule has 4 saturated carbocycles. The number of nitrogens with one attached hydrogen (secondary N) is 1. The normalized spacial score (nSPS) is 38.1. The number of carbonyl (C=O) groups is 1. The van der Waals surface area contributed by atoms with Crippen molar-refractivity contribution in [3.05, 3.63) is 0 Å². The van der Waals surface area contributed by atoms with Crippen molar-refractivity contribution in [2.45, 2.75) is 117 Å². The van der Waals surface area contributed by atoms with Gasteiger partial charge in [0, 0.05) is 20.1 Å². The third kappa shape index (κ3) is 8.27. The zero-order valence-corrected chi connectivity index (χ0v) is 29.1. The number of ether oxygens (including phenoxy) is 2. The lowest BCUT2D eigenvalue weighted by molar-refractivity contribution is -0.187. The molecule has 0 aromatic rings. The highest BCUT2D eigenvalue weighted by molar-refractivity contribution is 7.86. The van der Waals surface area contributed by atoms with Crippen LogP contribution in [0, 0.1) is 46.3 Å². The Bertz CT molecular complexity index is 1150. The Kier molecular flexibility index (Phi) is 11.7. The lowest BCUT2D eigenvalue weighted by Gasteiger charge is -2.63. The summed E-state index contributed by atoms with van der Waals surface area (Å²) in [6.45, 7) is 10.4. The summed E-state index contributed by atoms with van der Waals surface area (Å²) in [7, 11) is -7.03. The Morgan fingerprint density at radius 1 is 1.02 bits per heavy atom. The molecular formula is C31H56NO10PS. The Balaban J connectivity index is 1.30. The van der Waals surface area contributed by atoms with Crippen molar-refractivity contribution < 1.29 is 45.7 Å². The van der Waals surface area contributed by atoms with Crippen molar-refractivity contribution in [2.24, 2.45) is 46.3 Å². The van der Waals surface area contributed by atoms with Crippen LogP contribution in [0.3, 0.4) is 0 Å². The molecule has 44 heavy (non-hydrogen) atoms. The molecule has 0 aromatic heterocycles. The molecule has 256 valence electrons. The van der Waals surface area contributed by atoms with Crippen molar-refractivity contribution in [3.8, 4) is 0 Å². The zero-order chi connectivity index (χ0) is 32.5. The van der Waals surface area contributed by atoms with E-state index >= 15 is 0 Å². The quantitative estimate of drug-likeness (QED) is 0.131. The predicted molar refractivity (Wildman–Crippen MR) is 166 cm³/mol. The molecule has 4 aliphatic carbocycles. The topological polar surface area (TPSA) is 158 Å². The van der Waals surface area contributed by atoms with E-state index in [0.29, 0.717) is 53.4 Å². The maximum atomic E-state index is 12.6. The minimum absolute atomic E-state index is 0.153. The van der Waals surface area contributed by atoms with E-state index in [2.05, 4.69) is 48.6 Å². The van der Waals surface area contributed by atoms with E-state index in [0.717, 1.165) is 25.7 Å². The molecule has 0 saturated heterocycles. The lowest BCUT2D eigenvalue weighted by Crippen LogP contribution is -2.59. The van der Waals surface area contributed by atoms with E-state index in [1.165, 1.54) is 32.1 Å². The van der Waals surface area contributed by atoms with Crippen LogP contribution in [0.25, 0.3) is 0 Å². The fraction of sp³-hybridized carbons (Fsp3) is 0.968. The van der Waals surface area contributed by atoms with Crippen LogP contribution in [0.15, 0.2) is 0 Å². The Hall–Kier alpha value is -0.590. The summed E-state index contributed by atoms with van der Waals surface area (Å²) in [6.07, 6.45) is 11.4. The number of methoxy groups -OCH3 is 1. The van der Waals surface area contributed by atoms with Gasteiger partial charge in [-0.25, -0.2) is 8.75 Å². The Morgan fingerprint density at radius 2 is 1.70 bits per heavy atom. The van der Waals surface area contributed by atoms with Crippen molar-refractivity contribution in [1.29, 1.82) is 0 Å². The highest BCUT2D eigenvalue weighted by atomic mass is 32.2. The highest BCUT2D eigenvalue weighted by Crippen LogP contribution is 2.68. The summed E-state index contributed by atoms with van der Waals surface area (Å²) in [6, 6.07) is 0. The van der Waals surface area contributed by atoms with Crippen LogP contribution in [-0.2, 0) is 37.7 Å². The smallest absolute Gasteiger partial charge is 0.381 e. The van der Waals surface area contributed by atoms with Gasteiger partial charge in [-0.05, 0) is 118 Å². The fourth-order valence-electron chi connectivity index (χ4n) is 10.1. The number of phosphoric acid groups is 1. The predicted octanol–water partition coefficient (Wildman–Crippen LogP) is 5.01. The molecule has 4 fully saturated rings. The summed E-state index contributed by atoms with van der Waals surface area (Å²) in [5, 5.41) is 2.63. The first kappa shape index (κ1) is 36.2. The molecule has 10 unspecified atom stereocenters. The highest BCUT2D eigenvalue weighted by Gasteiger charge is 2.63. The maximum absolute atomic E-state index is 12.6. The van der Waals surface area contributed by atoms with Crippen molar-refractivity contribution >= 4 is 23.8 Å². The van der Waals surface area contributed by atoms with Gasteiger partial charge in [0.2, 0.25) is 5.91 Å². The van der Waals surface area contributed by atoms with E-state index in [1.54, 1.807) is 0 Å². The molecule has 0 aliphatic heterocycles. The average molecular weight is 666 g/mol. The van der Waals surface area contributed by atoms with Crippen LogP contribution in [0.5, 0.6) is 0 Å². The van der Waals surface area contributed by atoms with Gasteiger partial charge >= 0.3 is 7.82 Å². The molecular weight excluding hydrogens is 609 g/mol.